The number of anilines is 2. The molecule has 5 rings (SSSR count). The van der Waals surface area contributed by atoms with Gasteiger partial charge in [-0.1, -0.05) is 41.4 Å². The van der Waals surface area contributed by atoms with Gasteiger partial charge in [0.1, 0.15) is 24.8 Å². The minimum Gasteiger partial charge on any atom is -0.493 e. The molecule has 1 aromatic heterocycles. The van der Waals surface area contributed by atoms with Crippen LogP contribution in [0.5, 0.6) is 11.5 Å². The molecule has 0 bridgehead atoms. The number of hydrogen-bond donors (Lipinski definition) is 2. The van der Waals surface area contributed by atoms with Crippen LogP contribution < -0.4 is 20.1 Å². The number of carbonyl (C=O) groups excluding carboxylic acids is 1. The maximum Gasteiger partial charge on any atom is 0.255 e. The number of nitrogens with zero attached hydrogens (tertiary/aromatic N) is 3. The van der Waals surface area contributed by atoms with Gasteiger partial charge in [0, 0.05) is 16.9 Å². The van der Waals surface area contributed by atoms with Crippen LogP contribution in [0.2, 0.25) is 5.02 Å². The van der Waals surface area contributed by atoms with E-state index in [1.54, 1.807) is 22.9 Å². The van der Waals surface area contributed by atoms with Gasteiger partial charge in [-0.05, 0) is 55.8 Å². The summed E-state index contributed by atoms with van der Waals surface area (Å²) in [5.41, 5.74) is 3.86. The Bertz CT molecular complexity index is 1510. The van der Waals surface area contributed by atoms with Crippen LogP contribution in [0, 0.1) is 12.7 Å². The topological polar surface area (TPSA) is 90.3 Å². The highest BCUT2D eigenvalue weighted by Gasteiger charge is 2.34. The number of amides is 1. The molecular formula is C28H25ClFN5O3. The van der Waals surface area contributed by atoms with Crippen molar-refractivity contribution in [2.24, 2.45) is 0 Å². The van der Waals surface area contributed by atoms with Crippen molar-refractivity contribution in [1.29, 1.82) is 0 Å². The molecule has 3 aromatic carbocycles. The molecule has 0 radical (unpaired) electrons. The van der Waals surface area contributed by atoms with Crippen LogP contribution in [-0.4, -0.2) is 27.8 Å². The van der Waals surface area contributed by atoms with Crippen LogP contribution in [0.25, 0.3) is 0 Å². The molecule has 38 heavy (non-hydrogen) atoms. The van der Waals surface area contributed by atoms with Gasteiger partial charge in [0.05, 0.1) is 17.7 Å². The van der Waals surface area contributed by atoms with Gasteiger partial charge in [-0.15, -0.1) is 0 Å². The molecule has 10 heteroatoms. The van der Waals surface area contributed by atoms with Crippen molar-refractivity contribution in [3.63, 3.8) is 0 Å². The largest absolute Gasteiger partial charge is 0.493 e. The van der Waals surface area contributed by atoms with Crippen LogP contribution in [0.4, 0.5) is 16.0 Å². The lowest BCUT2D eigenvalue weighted by Gasteiger charge is -2.29. The van der Waals surface area contributed by atoms with E-state index in [0.717, 1.165) is 11.1 Å². The number of allylic oxidation sites excluding steroid dienone is 1. The summed E-state index contributed by atoms with van der Waals surface area (Å²) in [6.07, 6.45) is 1.43. The Balaban J connectivity index is 1.48. The SMILES string of the molecule is COc1cc(C2C(C(=O)Nc3ccc(C)cc3)=C(C)Nc3ncnn32)ccc1OCc1c(F)cccc1Cl. The quantitative estimate of drug-likeness (QED) is 0.308. The Hall–Kier alpha value is -4.37. The summed E-state index contributed by atoms with van der Waals surface area (Å²) < 4.78 is 27.3. The molecule has 1 aliphatic heterocycles. The summed E-state index contributed by atoms with van der Waals surface area (Å²) in [7, 11) is 1.51. The smallest absolute Gasteiger partial charge is 0.255 e. The van der Waals surface area contributed by atoms with Crippen LogP contribution in [0.15, 0.2) is 78.3 Å². The number of aromatic nitrogens is 3. The van der Waals surface area contributed by atoms with Crippen molar-refractivity contribution in [3.8, 4) is 11.5 Å². The number of hydrogen-bond acceptors (Lipinski definition) is 6. The first-order chi connectivity index (χ1) is 18.4. The van der Waals surface area contributed by atoms with E-state index in [0.29, 0.717) is 34.4 Å². The number of methoxy groups -OCH3 is 1. The number of nitrogens with one attached hydrogen (secondary N) is 2. The van der Waals surface area contributed by atoms with Crippen LogP contribution in [0.1, 0.15) is 29.7 Å². The molecule has 1 unspecified atom stereocenters. The standard InChI is InChI=1S/C28H25ClFN5O3/c1-16-7-10-19(11-8-16)34-27(36)25-17(2)33-28-31-15-32-35(28)26(25)18-9-12-23(24(13-18)37-3)38-14-20-21(29)5-4-6-22(20)30/h4-13,15,26H,14H2,1-3H3,(H,34,36)(H,31,32,33). The van der Waals surface area contributed by atoms with Crippen LogP contribution >= 0.6 is 11.6 Å². The molecule has 1 aliphatic rings. The van der Waals surface area contributed by atoms with Crippen LogP contribution in [0.3, 0.4) is 0 Å². The number of fused-ring (bicyclic) bond motifs is 1. The molecular weight excluding hydrogens is 509 g/mol. The van der Waals surface area contributed by atoms with Gasteiger partial charge in [-0.3, -0.25) is 4.79 Å². The summed E-state index contributed by atoms with van der Waals surface area (Å²) in [5, 5.41) is 10.8. The molecule has 0 saturated heterocycles. The van der Waals surface area contributed by atoms with Gasteiger partial charge in [0.25, 0.3) is 5.91 Å². The third kappa shape index (κ3) is 4.92. The van der Waals surface area contributed by atoms with Crippen molar-refractivity contribution in [1.82, 2.24) is 14.8 Å². The fourth-order valence-corrected chi connectivity index (χ4v) is 4.54. The molecule has 1 atom stereocenters. The van der Waals surface area contributed by atoms with E-state index in [-0.39, 0.29) is 23.1 Å². The second kappa shape index (κ2) is 10.5. The van der Waals surface area contributed by atoms with Gasteiger partial charge >= 0.3 is 0 Å². The minimum absolute atomic E-state index is 0.0784. The first-order valence-electron chi connectivity index (χ1n) is 11.8. The second-order valence-corrected chi connectivity index (χ2v) is 9.22. The van der Waals surface area contributed by atoms with Gasteiger partial charge in [-0.2, -0.15) is 10.1 Å². The first-order valence-corrected chi connectivity index (χ1v) is 12.2. The average molecular weight is 534 g/mol. The molecule has 0 fully saturated rings. The number of benzene rings is 3. The maximum absolute atomic E-state index is 14.2. The summed E-state index contributed by atoms with van der Waals surface area (Å²) in [4.78, 5) is 17.8. The normalized spacial score (nSPS) is 14.5. The Kier molecular flexibility index (Phi) is 7.02. The Labute approximate surface area is 224 Å². The number of carbonyl (C=O) groups is 1. The molecule has 194 valence electrons. The summed E-state index contributed by atoms with van der Waals surface area (Å²) in [5.74, 6) is 0.582. The number of ether oxygens (including phenoxy) is 2. The van der Waals surface area contributed by atoms with Crippen molar-refractivity contribution >= 4 is 29.1 Å². The molecule has 2 N–H and O–H groups in total. The monoisotopic (exact) mass is 533 g/mol. The highest BCUT2D eigenvalue weighted by atomic mass is 35.5. The molecule has 0 saturated carbocycles. The van der Waals surface area contributed by atoms with E-state index in [1.165, 1.54) is 25.6 Å². The average Bonchev–Trinajstić information content (AvgIpc) is 3.37. The molecule has 8 nitrogen and oxygen atoms in total. The van der Waals surface area contributed by atoms with Crippen molar-refractivity contribution in [2.75, 3.05) is 17.7 Å². The number of aryl methyl sites for hydroxylation is 1. The van der Waals surface area contributed by atoms with Crippen molar-refractivity contribution in [2.45, 2.75) is 26.5 Å². The zero-order chi connectivity index (χ0) is 26.8. The molecule has 2 heterocycles. The lowest BCUT2D eigenvalue weighted by Crippen LogP contribution is -2.31. The van der Waals surface area contributed by atoms with Gasteiger partial charge < -0.3 is 20.1 Å². The summed E-state index contributed by atoms with van der Waals surface area (Å²) in [6, 6.07) is 16.7. The number of rotatable bonds is 7. The second-order valence-electron chi connectivity index (χ2n) is 8.81. The Morgan fingerprint density at radius 1 is 1.13 bits per heavy atom. The van der Waals surface area contributed by atoms with E-state index in [9.17, 15) is 9.18 Å². The first kappa shape index (κ1) is 25.3. The van der Waals surface area contributed by atoms with E-state index in [2.05, 4.69) is 20.7 Å². The van der Waals surface area contributed by atoms with Gasteiger partial charge in [0.15, 0.2) is 11.5 Å². The van der Waals surface area contributed by atoms with E-state index in [4.69, 9.17) is 21.1 Å². The van der Waals surface area contributed by atoms with Crippen molar-refractivity contribution in [3.05, 3.63) is 106 Å². The third-order valence-corrected chi connectivity index (χ3v) is 6.64. The van der Waals surface area contributed by atoms with E-state index < -0.39 is 11.9 Å². The fraction of sp³-hybridized carbons (Fsp3) is 0.179. The molecule has 1 amide bonds. The summed E-state index contributed by atoms with van der Waals surface area (Å²) >= 11 is 6.14. The highest BCUT2D eigenvalue weighted by Crippen LogP contribution is 2.39. The zero-order valence-corrected chi connectivity index (χ0v) is 21.7. The minimum atomic E-state index is -0.594. The van der Waals surface area contributed by atoms with E-state index >= 15 is 0 Å². The summed E-state index contributed by atoms with van der Waals surface area (Å²) in [6.45, 7) is 3.73. The maximum atomic E-state index is 14.2. The lowest BCUT2D eigenvalue weighted by molar-refractivity contribution is -0.113. The fourth-order valence-electron chi connectivity index (χ4n) is 4.32. The molecule has 0 spiro atoms. The molecule has 4 aromatic rings. The third-order valence-electron chi connectivity index (χ3n) is 6.29. The van der Waals surface area contributed by atoms with Crippen LogP contribution in [-0.2, 0) is 11.4 Å². The van der Waals surface area contributed by atoms with Crippen molar-refractivity contribution < 1.29 is 18.7 Å². The highest BCUT2D eigenvalue weighted by molar-refractivity contribution is 6.31. The zero-order valence-electron chi connectivity index (χ0n) is 21.0. The lowest BCUT2D eigenvalue weighted by atomic mass is 9.94. The molecule has 0 aliphatic carbocycles. The number of halogens is 2. The predicted octanol–water partition coefficient (Wildman–Crippen LogP) is 5.89. The predicted molar refractivity (Wildman–Crippen MR) is 143 cm³/mol. The van der Waals surface area contributed by atoms with Gasteiger partial charge in [0.2, 0.25) is 5.95 Å². The van der Waals surface area contributed by atoms with Gasteiger partial charge in [-0.25, -0.2) is 9.07 Å². The van der Waals surface area contributed by atoms with E-state index in [1.807, 2.05) is 44.2 Å². The Morgan fingerprint density at radius 3 is 2.66 bits per heavy atom. The Morgan fingerprint density at radius 2 is 1.92 bits per heavy atom.